The van der Waals surface area contributed by atoms with Gasteiger partial charge in [-0.05, 0) is 12.8 Å². The molecule has 1 aliphatic carbocycles. The summed E-state index contributed by atoms with van der Waals surface area (Å²) in [5, 5.41) is 1.83. The van der Waals surface area contributed by atoms with Crippen LogP contribution in [0.1, 0.15) is 12.8 Å². The molecule has 0 aromatic carbocycles. The lowest BCUT2D eigenvalue weighted by Crippen LogP contribution is -2.44. The lowest BCUT2D eigenvalue weighted by atomic mass is 9.85. The summed E-state index contributed by atoms with van der Waals surface area (Å²) in [4.78, 5) is 46.6. The van der Waals surface area contributed by atoms with Crippen LogP contribution in [0.25, 0.3) is 0 Å². The molecular weight excluding hydrogens is 238 g/mol. The second-order valence-electron chi connectivity index (χ2n) is 4.33. The number of nitrogens with zero attached hydrogens (tertiary/aromatic N) is 1. The van der Waals surface area contributed by atoms with Gasteiger partial charge in [-0.2, -0.15) is 0 Å². The van der Waals surface area contributed by atoms with Crippen molar-refractivity contribution in [1.29, 1.82) is 0 Å². The maximum Gasteiger partial charge on any atom is 0.318 e. The van der Waals surface area contributed by atoms with Gasteiger partial charge in [0.2, 0.25) is 17.7 Å². The van der Waals surface area contributed by atoms with E-state index in [0.29, 0.717) is 12.8 Å². The summed E-state index contributed by atoms with van der Waals surface area (Å²) >= 11 is 0. The van der Waals surface area contributed by atoms with Crippen molar-refractivity contribution in [2.24, 2.45) is 17.6 Å². The number of likely N-dealkylation sites (tertiary alicyclic amines) is 1. The summed E-state index contributed by atoms with van der Waals surface area (Å²) in [5.74, 6) is -2.20. The molecule has 0 spiro atoms. The van der Waals surface area contributed by atoms with Gasteiger partial charge in [0.1, 0.15) is 6.54 Å². The molecule has 2 rings (SSSR count). The van der Waals surface area contributed by atoms with E-state index in [0.717, 1.165) is 4.90 Å². The lowest BCUT2D eigenvalue weighted by molar-refractivity contribution is -0.143. The molecular formula is C11H13N3O4. The molecule has 0 aromatic rings. The Labute approximate surface area is 103 Å². The first-order chi connectivity index (χ1) is 8.50. The predicted molar refractivity (Wildman–Crippen MR) is 59.8 cm³/mol. The normalized spacial score (nSPS) is 26.1. The van der Waals surface area contributed by atoms with E-state index in [1.54, 1.807) is 0 Å². The number of allylic oxidation sites excluding steroid dienone is 2. The molecule has 7 nitrogen and oxygen atoms in total. The first kappa shape index (κ1) is 12.3. The van der Waals surface area contributed by atoms with E-state index in [2.05, 4.69) is 0 Å². The Hall–Kier alpha value is -2.18. The fourth-order valence-corrected chi connectivity index (χ4v) is 2.35. The van der Waals surface area contributed by atoms with Crippen LogP contribution in [0.2, 0.25) is 0 Å². The number of hydrogen-bond acceptors (Lipinski definition) is 4. The molecule has 0 aromatic heterocycles. The van der Waals surface area contributed by atoms with E-state index < -0.39 is 18.5 Å². The highest BCUT2D eigenvalue weighted by Gasteiger charge is 2.47. The van der Waals surface area contributed by atoms with Crippen LogP contribution in [-0.2, 0) is 14.4 Å². The van der Waals surface area contributed by atoms with E-state index in [1.807, 2.05) is 17.5 Å². The number of primary amides is 1. The highest BCUT2D eigenvalue weighted by Crippen LogP contribution is 2.34. The second kappa shape index (κ2) is 4.59. The van der Waals surface area contributed by atoms with Gasteiger partial charge in [0.25, 0.3) is 0 Å². The Kier molecular flexibility index (Phi) is 3.14. The summed E-state index contributed by atoms with van der Waals surface area (Å²) in [7, 11) is 0. The number of carbonyl (C=O) groups excluding carboxylic acids is 4. The lowest BCUT2D eigenvalue weighted by Gasteiger charge is -2.14. The minimum Gasteiger partial charge on any atom is -0.351 e. The molecule has 0 bridgehead atoms. The van der Waals surface area contributed by atoms with Gasteiger partial charge in [0, 0.05) is 0 Å². The van der Waals surface area contributed by atoms with Crippen molar-refractivity contribution in [3.05, 3.63) is 12.2 Å². The van der Waals surface area contributed by atoms with Crippen LogP contribution < -0.4 is 11.1 Å². The standard InChI is InChI=1S/C11H13N3O4/c12-11(18)13-8(15)5-14-9(16)6-3-1-2-4-7(6)10(14)17/h1-2,6-7H,3-5H2,(H3,12,13,15,18)/t6-,7+. The Morgan fingerprint density at radius 2 is 1.72 bits per heavy atom. The third kappa shape index (κ3) is 2.11. The molecule has 1 fully saturated rings. The second-order valence-corrected chi connectivity index (χ2v) is 4.33. The zero-order valence-electron chi connectivity index (χ0n) is 9.59. The van der Waals surface area contributed by atoms with Gasteiger partial charge in [-0.1, -0.05) is 12.2 Å². The molecule has 7 heteroatoms. The van der Waals surface area contributed by atoms with Crippen LogP contribution >= 0.6 is 0 Å². The number of rotatable bonds is 2. The van der Waals surface area contributed by atoms with Crippen LogP contribution in [0.15, 0.2) is 12.2 Å². The number of amides is 5. The first-order valence-corrected chi connectivity index (χ1v) is 5.60. The maximum atomic E-state index is 11.9. The molecule has 1 heterocycles. The molecule has 0 radical (unpaired) electrons. The van der Waals surface area contributed by atoms with Gasteiger partial charge in [0.15, 0.2) is 0 Å². The number of urea groups is 1. The summed E-state index contributed by atoms with van der Waals surface area (Å²) < 4.78 is 0. The zero-order valence-corrected chi connectivity index (χ0v) is 9.59. The van der Waals surface area contributed by atoms with E-state index in [4.69, 9.17) is 5.73 Å². The van der Waals surface area contributed by atoms with E-state index in [-0.39, 0.29) is 23.7 Å². The number of carbonyl (C=O) groups is 4. The minimum atomic E-state index is -1.00. The quantitative estimate of drug-likeness (QED) is 0.491. The fraction of sp³-hybridized carbons (Fsp3) is 0.455. The van der Waals surface area contributed by atoms with Crippen LogP contribution in [0.3, 0.4) is 0 Å². The first-order valence-electron chi connectivity index (χ1n) is 5.60. The van der Waals surface area contributed by atoms with Gasteiger partial charge < -0.3 is 5.73 Å². The summed E-state index contributed by atoms with van der Waals surface area (Å²) in [5.41, 5.74) is 4.78. The van der Waals surface area contributed by atoms with Gasteiger partial charge >= 0.3 is 6.03 Å². The largest absolute Gasteiger partial charge is 0.351 e. The molecule has 96 valence electrons. The third-order valence-corrected chi connectivity index (χ3v) is 3.16. The molecule has 2 aliphatic rings. The van der Waals surface area contributed by atoms with Crippen LogP contribution in [-0.4, -0.2) is 35.2 Å². The Balaban J connectivity index is 2.06. The predicted octanol–water partition coefficient (Wildman–Crippen LogP) is -0.868. The van der Waals surface area contributed by atoms with Crippen molar-refractivity contribution in [1.82, 2.24) is 10.2 Å². The number of nitrogens with two attached hydrogens (primary N) is 1. The monoisotopic (exact) mass is 251 g/mol. The molecule has 2 atom stereocenters. The fourth-order valence-electron chi connectivity index (χ4n) is 2.35. The Morgan fingerprint density at radius 3 is 2.17 bits per heavy atom. The van der Waals surface area contributed by atoms with E-state index >= 15 is 0 Å². The van der Waals surface area contributed by atoms with Crippen LogP contribution in [0.5, 0.6) is 0 Å². The average Bonchev–Trinajstić information content (AvgIpc) is 2.54. The summed E-state index contributed by atoms with van der Waals surface area (Å²) in [6.45, 7) is -0.451. The Bertz CT molecular complexity index is 431. The van der Waals surface area contributed by atoms with Gasteiger partial charge in [0.05, 0.1) is 11.8 Å². The number of nitrogens with one attached hydrogen (secondary N) is 1. The highest BCUT2D eigenvalue weighted by atomic mass is 16.2. The van der Waals surface area contributed by atoms with Crippen LogP contribution in [0, 0.1) is 11.8 Å². The molecule has 1 aliphatic heterocycles. The summed E-state index contributed by atoms with van der Waals surface area (Å²) in [6.07, 6.45) is 4.75. The highest BCUT2D eigenvalue weighted by molar-refractivity contribution is 6.08. The summed E-state index contributed by atoms with van der Waals surface area (Å²) in [6, 6.07) is -1.00. The van der Waals surface area contributed by atoms with Crippen molar-refractivity contribution >= 4 is 23.8 Å². The number of hydrogen-bond donors (Lipinski definition) is 2. The molecule has 0 unspecified atom stereocenters. The molecule has 0 saturated carbocycles. The minimum absolute atomic E-state index is 0.353. The van der Waals surface area contributed by atoms with Gasteiger partial charge in [-0.15, -0.1) is 0 Å². The maximum absolute atomic E-state index is 11.9. The molecule has 5 amide bonds. The average molecular weight is 251 g/mol. The number of imide groups is 2. The van der Waals surface area contributed by atoms with Crippen molar-refractivity contribution in [3.8, 4) is 0 Å². The van der Waals surface area contributed by atoms with E-state index in [9.17, 15) is 19.2 Å². The van der Waals surface area contributed by atoms with Crippen molar-refractivity contribution in [2.45, 2.75) is 12.8 Å². The van der Waals surface area contributed by atoms with E-state index in [1.165, 1.54) is 0 Å². The molecule has 18 heavy (non-hydrogen) atoms. The zero-order chi connectivity index (χ0) is 13.3. The Morgan fingerprint density at radius 1 is 1.22 bits per heavy atom. The number of fused-ring (bicyclic) bond motifs is 1. The third-order valence-electron chi connectivity index (χ3n) is 3.16. The van der Waals surface area contributed by atoms with Crippen molar-refractivity contribution < 1.29 is 19.2 Å². The smallest absolute Gasteiger partial charge is 0.318 e. The van der Waals surface area contributed by atoms with Gasteiger partial charge in [-0.25, -0.2) is 4.79 Å². The van der Waals surface area contributed by atoms with Crippen molar-refractivity contribution in [2.75, 3.05) is 6.54 Å². The van der Waals surface area contributed by atoms with Crippen LogP contribution in [0.4, 0.5) is 4.79 Å². The molecule has 3 N–H and O–H groups in total. The van der Waals surface area contributed by atoms with Gasteiger partial charge in [-0.3, -0.25) is 24.6 Å². The SMILES string of the molecule is NC(=O)NC(=O)CN1C(=O)[C@H]2CC=CC[C@H]2C1=O. The molecule has 1 saturated heterocycles. The topological polar surface area (TPSA) is 110 Å². The van der Waals surface area contributed by atoms with Crippen molar-refractivity contribution in [3.63, 3.8) is 0 Å².